The molecule has 1 unspecified atom stereocenters. The molecule has 3 rings (SSSR count). The average molecular weight is 285 g/mol. The van der Waals surface area contributed by atoms with Gasteiger partial charge in [0.15, 0.2) is 0 Å². The fourth-order valence-electron chi connectivity index (χ4n) is 2.92. The maximum absolute atomic E-state index is 12.6. The minimum absolute atomic E-state index is 0.148. The van der Waals surface area contributed by atoms with E-state index in [1.807, 2.05) is 23.1 Å². The number of carbonyl (C=O) groups excluding carboxylic acids is 1. The number of thiol groups is 1. The van der Waals surface area contributed by atoms with Crippen LogP contribution in [-0.2, 0) is 0 Å². The van der Waals surface area contributed by atoms with Gasteiger partial charge in [-0.1, -0.05) is 31.2 Å². The van der Waals surface area contributed by atoms with Gasteiger partial charge in [-0.3, -0.25) is 4.79 Å². The molecule has 0 spiro atoms. The van der Waals surface area contributed by atoms with Gasteiger partial charge in [0.05, 0.1) is 5.69 Å². The topological polar surface area (TPSA) is 20.3 Å². The second-order valence-corrected chi connectivity index (χ2v) is 5.99. The summed E-state index contributed by atoms with van der Waals surface area (Å²) in [4.78, 5) is 14.5. The summed E-state index contributed by atoms with van der Waals surface area (Å²) >= 11 is 4.28. The van der Waals surface area contributed by atoms with Crippen LogP contribution in [0.15, 0.2) is 36.4 Å². The summed E-state index contributed by atoms with van der Waals surface area (Å²) in [5, 5.41) is 2.26. The van der Waals surface area contributed by atoms with E-state index in [1.54, 1.807) is 0 Å². The van der Waals surface area contributed by atoms with Gasteiger partial charge in [0.2, 0.25) is 0 Å². The van der Waals surface area contributed by atoms with Crippen molar-refractivity contribution >= 4 is 35.0 Å². The Hall–Kier alpha value is -1.48. The second kappa shape index (κ2) is 5.49. The third-order valence-corrected chi connectivity index (χ3v) is 4.37. The number of anilines is 1. The number of nitrogens with zero attached hydrogens (tertiary/aromatic N) is 1. The van der Waals surface area contributed by atoms with Gasteiger partial charge < -0.3 is 4.90 Å². The van der Waals surface area contributed by atoms with E-state index < -0.39 is 0 Å². The highest BCUT2D eigenvalue weighted by Gasteiger charge is 2.29. The smallest absolute Gasteiger partial charge is 0.258 e. The van der Waals surface area contributed by atoms with Crippen LogP contribution in [0.1, 0.15) is 30.1 Å². The first kappa shape index (κ1) is 13.5. The van der Waals surface area contributed by atoms with Crippen LogP contribution < -0.4 is 4.90 Å². The first-order valence-electron chi connectivity index (χ1n) is 7.17. The fraction of sp³-hybridized carbons (Fsp3) is 0.353. The molecule has 1 amide bonds. The summed E-state index contributed by atoms with van der Waals surface area (Å²) in [6.07, 6.45) is 2.12. The zero-order valence-electron chi connectivity index (χ0n) is 11.7. The molecule has 0 bridgehead atoms. The molecule has 0 saturated heterocycles. The Labute approximate surface area is 125 Å². The number of benzene rings is 2. The Bertz CT molecular complexity index is 647. The summed E-state index contributed by atoms with van der Waals surface area (Å²) in [5.74, 6) is 1.66. The maximum Gasteiger partial charge on any atom is 0.258 e. The molecule has 1 aliphatic rings. The number of hydrogen-bond acceptors (Lipinski definition) is 2. The van der Waals surface area contributed by atoms with E-state index in [1.165, 1.54) is 0 Å². The molecule has 1 heterocycles. The van der Waals surface area contributed by atoms with Gasteiger partial charge in [-0.25, -0.2) is 0 Å². The molecule has 0 N–H and O–H groups in total. The lowest BCUT2D eigenvalue weighted by molar-refractivity contribution is 0.0992. The van der Waals surface area contributed by atoms with Crippen molar-refractivity contribution < 1.29 is 4.79 Å². The van der Waals surface area contributed by atoms with Crippen LogP contribution in [0.4, 0.5) is 5.69 Å². The molecule has 104 valence electrons. The zero-order chi connectivity index (χ0) is 14.1. The van der Waals surface area contributed by atoms with Crippen LogP contribution >= 0.6 is 12.6 Å². The van der Waals surface area contributed by atoms with Gasteiger partial charge in [-0.2, -0.15) is 12.6 Å². The third kappa shape index (κ3) is 2.20. The predicted octanol–water partition coefficient (Wildman–Crippen LogP) is 4.15. The summed E-state index contributed by atoms with van der Waals surface area (Å²) in [5.41, 5.74) is 1.92. The molecule has 0 radical (unpaired) electrons. The summed E-state index contributed by atoms with van der Waals surface area (Å²) < 4.78 is 0. The summed E-state index contributed by atoms with van der Waals surface area (Å²) in [7, 11) is 0. The molecule has 0 saturated carbocycles. The lowest BCUT2D eigenvalue weighted by atomic mass is 10.0. The Balaban J connectivity index is 1.89. The number of carbonyl (C=O) groups is 1. The van der Waals surface area contributed by atoms with Gasteiger partial charge in [0, 0.05) is 17.5 Å². The van der Waals surface area contributed by atoms with E-state index in [-0.39, 0.29) is 5.91 Å². The largest absolute Gasteiger partial charge is 0.308 e. The molecular formula is C17H19NOS. The van der Waals surface area contributed by atoms with Crippen molar-refractivity contribution in [2.45, 2.75) is 19.8 Å². The molecular weight excluding hydrogens is 266 g/mol. The second-order valence-electron chi connectivity index (χ2n) is 5.54. The lowest BCUT2D eigenvalue weighted by Crippen LogP contribution is -2.28. The van der Waals surface area contributed by atoms with E-state index >= 15 is 0 Å². The standard InChI is InChI=1S/C17H19NOS/c1-12(9-11-20)8-10-18-15-7-3-5-13-4-2-6-14(16(13)15)17(18)19/h2-7,12,20H,8-11H2,1H3. The van der Waals surface area contributed by atoms with E-state index in [2.05, 4.69) is 37.8 Å². The molecule has 20 heavy (non-hydrogen) atoms. The molecule has 1 atom stereocenters. The zero-order valence-corrected chi connectivity index (χ0v) is 12.6. The summed E-state index contributed by atoms with van der Waals surface area (Å²) in [6.45, 7) is 3.02. The molecule has 2 aromatic rings. The Kier molecular flexibility index (Phi) is 3.70. The van der Waals surface area contributed by atoms with Gasteiger partial charge in [-0.15, -0.1) is 0 Å². The van der Waals surface area contributed by atoms with E-state index in [0.717, 1.165) is 47.2 Å². The molecule has 0 aromatic heterocycles. The van der Waals surface area contributed by atoms with E-state index in [9.17, 15) is 4.79 Å². The highest BCUT2D eigenvalue weighted by atomic mass is 32.1. The van der Waals surface area contributed by atoms with Crippen LogP contribution in [0.3, 0.4) is 0 Å². The van der Waals surface area contributed by atoms with Crippen LogP contribution in [0.2, 0.25) is 0 Å². The molecule has 1 aliphatic heterocycles. The van der Waals surface area contributed by atoms with Crippen molar-refractivity contribution in [2.24, 2.45) is 5.92 Å². The minimum Gasteiger partial charge on any atom is -0.308 e. The Morgan fingerprint density at radius 1 is 1.15 bits per heavy atom. The van der Waals surface area contributed by atoms with Crippen molar-refractivity contribution in [3.05, 3.63) is 42.0 Å². The van der Waals surface area contributed by atoms with Crippen LogP contribution in [-0.4, -0.2) is 18.2 Å². The number of rotatable bonds is 5. The van der Waals surface area contributed by atoms with Gasteiger partial charge in [0.1, 0.15) is 0 Å². The monoisotopic (exact) mass is 285 g/mol. The molecule has 3 heteroatoms. The lowest BCUT2D eigenvalue weighted by Gasteiger charge is -2.20. The van der Waals surface area contributed by atoms with Gasteiger partial charge in [-0.05, 0) is 42.0 Å². The highest BCUT2D eigenvalue weighted by molar-refractivity contribution is 7.80. The van der Waals surface area contributed by atoms with Crippen molar-refractivity contribution in [2.75, 3.05) is 17.2 Å². The van der Waals surface area contributed by atoms with Crippen molar-refractivity contribution in [3.8, 4) is 0 Å². The van der Waals surface area contributed by atoms with Crippen molar-refractivity contribution in [1.29, 1.82) is 0 Å². The third-order valence-electron chi connectivity index (χ3n) is 4.12. The first-order chi connectivity index (χ1) is 9.72. The number of hydrogen-bond donors (Lipinski definition) is 1. The normalized spacial score (nSPS) is 15.1. The number of amides is 1. The average Bonchev–Trinajstić information content (AvgIpc) is 2.73. The molecule has 0 fully saturated rings. The van der Waals surface area contributed by atoms with Crippen LogP contribution in [0.25, 0.3) is 10.8 Å². The Morgan fingerprint density at radius 2 is 1.90 bits per heavy atom. The van der Waals surface area contributed by atoms with Crippen molar-refractivity contribution in [3.63, 3.8) is 0 Å². The molecule has 2 aromatic carbocycles. The summed E-state index contributed by atoms with van der Waals surface area (Å²) in [6, 6.07) is 12.1. The van der Waals surface area contributed by atoms with Crippen LogP contribution in [0.5, 0.6) is 0 Å². The quantitative estimate of drug-likeness (QED) is 0.818. The van der Waals surface area contributed by atoms with Crippen molar-refractivity contribution in [1.82, 2.24) is 0 Å². The predicted molar refractivity (Wildman–Crippen MR) is 87.9 cm³/mol. The SMILES string of the molecule is CC(CCS)CCN1C(=O)c2cccc3cccc1c23. The van der Waals surface area contributed by atoms with Gasteiger partial charge in [0.25, 0.3) is 5.91 Å². The highest BCUT2D eigenvalue weighted by Crippen LogP contribution is 2.37. The van der Waals surface area contributed by atoms with Gasteiger partial charge >= 0.3 is 0 Å². The Morgan fingerprint density at radius 3 is 2.65 bits per heavy atom. The van der Waals surface area contributed by atoms with E-state index in [0.29, 0.717) is 5.92 Å². The van der Waals surface area contributed by atoms with E-state index in [4.69, 9.17) is 0 Å². The fourth-order valence-corrected chi connectivity index (χ4v) is 3.36. The molecule has 2 nitrogen and oxygen atoms in total. The molecule has 0 aliphatic carbocycles. The first-order valence-corrected chi connectivity index (χ1v) is 7.80. The van der Waals surface area contributed by atoms with Crippen LogP contribution in [0, 0.1) is 5.92 Å². The minimum atomic E-state index is 0.148. The maximum atomic E-state index is 12.6.